The molecule has 1 rings (SSSR count). The highest BCUT2D eigenvalue weighted by molar-refractivity contribution is 5.83. The van der Waals surface area contributed by atoms with Crippen LogP contribution in [0.2, 0.25) is 0 Å². The summed E-state index contributed by atoms with van der Waals surface area (Å²) in [5.74, 6) is 0.451. The van der Waals surface area contributed by atoms with E-state index in [0.717, 1.165) is 0 Å². The van der Waals surface area contributed by atoms with Crippen LogP contribution in [0.25, 0.3) is 6.08 Å². The topological polar surface area (TPSA) is 51.2 Å². The van der Waals surface area contributed by atoms with Crippen molar-refractivity contribution in [1.29, 1.82) is 0 Å². The first kappa shape index (κ1) is 12.2. The number of nitrogens with one attached hydrogen (secondary N) is 1. The van der Waals surface area contributed by atoms with Gasteiger partial charge in [-0.2, -0.15) is 0 Å². The summed E-state index contributed by atoms with van der Waals surface area (Å²) in [6.07, 6.45) is 1.10. The fourth-order valence-corrected chi connectivity index (χ4v) is 1.04. The van der Waals surface area contributed by atoms with Crippen molar-refractivity contribution in [2.75, 3.05) is 5.32 Å². The van der Waals surface area contributed by atoms with E-state index in [0.29, 0.717) is 11.5 Å². The number of anilines is 1. The normalized spacial score (nSPS) is 10.7. The van der Waals surface area contributed by atoms with Crippen molar-refractivity contribution >= 4 is 18.0 Å². The van der Waals surface area contributed by atoms with E-state index in [-0.39, 0.29) is 0 Å². The quantitative estimate of drug-likeness (QED) is 0.833. The van der Waals surface area contributed by atoms with Gasteiger partial charge in [-0.3, -0.25) is 5.32 Å². The summed E-state index contributed by atoms with van der Waals surface area (Å²) in [7, 11) is 0. The summed E-state index contributed by atoms with van der Waals surface area (Å²) in [4.78, 5) is 15.6. The minimum atomic E-state index is -0.514. The molecule has 0 saturated carbocycles. The average molecular weight is 220 g/mol. The number of rotatable bonds is 2. The molecule has 1 amide bonds. The Labute approximate surface area is 95.3 Å². The van der Waals surface area contributed by atoms with Gasteiger partial charge in [0.05, 0.1) is 5.69 Å². The van der Waals surface area contributed by atoms with Gasteiger partial charge in [0, 0.05) is 0 Å². The average Bonchev–Trinajstić information content (AvgIpc) is 2.15. The zero-order chi connectivity index (χ0) is 12.2. The summed E-state index contributed by atoms with van der Waals surface area (Å²) in [6.45, 7) is 9.02. The predicted molar refractivity (Wildman–Crippen MR) is 64.2 cm³/mol. The maximum absolute atomic E-state index is 11.4. The Balaban J connectivity index is 2.66. The molecule has 4 heteroatoms. The van der Waals surface area contributed by atoms with Gasteiger partial charge in [0.2, 0.25) is 0 Å². The molecule has 1 N–H and O–H groups in total. The molecule has 0 unspecified atom stereocenters. The first-order valence-electron chi connectivity index (χ1n) is 5.00. The Kier molecular flexibility index (Phi) is 3.66. The molecule has 1 aromatic heterocycles. The first-order valence-corrected chi connectivity index (χ1v) is 5.00. The van der Waals surface area contributed by atoms with Gasteiger partial charge in [-0.25, -0.2) is 9.78 Å². The number of ether oxygens (including phenoxy) is 1. The lowest BCUT2D eigenvalue weighted by molar-refractivity contribution is 0.0635. The zero-order valence-electron chi connectivity index (χ0n) is 9.78. The van der Waals surface area contributed by atoms with Crippen LogP contribution in [0.15, 0.2) is 24.8 Å². The molecular weight excluding hydrogens is 204 g/mol. The van der Waals surface area contributed by atoms with E-state index in [1.54, 1.807) is 45.0 Å². The smallest absolute Gasteiger partial charge is 0.413 e. The van der Waals surface area contributed by atoms with Gasteiger partial charge >= 0.3 is 6.09 Å². The van der Waals surface area contributed by atoms with Gasteiger partial charge in [-0.15, -0.1) is 0 Å². The standard InChI is InChI=1S/C12H16N2O2/c1-5-9-7-6-8-10(13-9)14-11(15)16-12(2,3)4/h5-8H,1H2,2-4H3,(H,13,14,15). The van der Waals surface area contributed by atoms with Crippen LogP contribution in [-0.4, -0.2) is 16.7 Å². The van der Waals surface area contributed by atoms with Crippen LogP contribution in [0.4, 0.5) is 10.6 Å². The molecule has 16 heavy (non-hydrogen) atoms. The molecule has 1 heterocycles. The zero-order valence-corrected chi connectivity index (χ0v) is 9.78. The SMILES string of the molecule is C=Cc1cccc(NC(=O)OC(C)(C)C)n1. The fourth-order valence-electron chi connectivity index (χ4n) is 1.04. The minimum absolute atomic E-state index is 0.451. The van der Waals surface area contributed by atoms with Crippen LogP contribution in [0.5, 0.6) is 0 Å². The van der Waals surface area contributed by atoms with E-state index < -0.39 is 11.7 Å². The molecule has 0 saturated heterocycles. The van der Waals surface area contributed by atoms with Crippen LogP contribution < -0.4 is 5.32 Å². The molecule has 0 radical (unpaired) electrons. The molecule has 0 atom stereocenters. The number of hydrogen-bond donors (Lipinski definition) is 1. The van der Waals surface area contributed by atoms with Crippen LogP contribution in [0.1, 0.15) is 26.5 Å². The van der Waals surface area contributed by atoms with E-state index in [1.165, 1.54) is 0 Å². The van der Waals surface area contributed by atoms with Crippen LogP contribution in [-0.2, 0) is 4.74 Å². The Morgan fingerprint density at radius 2 is 2.19 bits per heavy atom. The van der Waals surface area contributed by atoms with Crippen LogP contribution >= 0.6 is 0 Å². The number of aromatic nitrogens is 1. The van der Waals surface area contributed by atoms with E-state index in [1.807, 2.05) is 0 Å². The lowest BCUT2D eigenvalue weighted by atomic mass is 10.2. The van der Waals surface area contributed by atoms with Gasteiger partial charge in [0.1, 0.15) is 11.4 Å². The second-order valence-electron chi connectivity index (χ2n) is 4.28. The molecule has 0 aromatic carbocycles. The van der Waals surface area contributed by atoms with E-state index >= 15 is 0 Å². The highest BCUT2D eigenvalue weighted by Crippen LogP contribution is 2.10. The van der Waals surface area contributed by atoms with Crippen molar-refractivity contribution in [3.63, 3.8) is 0 Å². The number of amides is 1. The minimum Gasteiger partial charge on any atom is -0.444 e. The third-order valence-electron chi connectivity index (χ3n) is 1.61. The van der Waals surface area contributed by atoms with E-state index in [9.17, 15) is 4.79 Å². The molecule has 0 spiro atoms. The number of carbonyl (C=O) groups is 1. The molecule has 0 aliphatic heterocycles. The largest absolute Gasteiger partial charge is 0.444 e. The molecular formula is C12H16N2O2. The molecule has 0 bridgehead atoms. The van der Waals surface area contributed by atoms with Crippen LogP contribution in [0, 0.1) is 0 Å². The van der Waals surface area contributed by atoms with Gasteiger partial charge < -0.3 is 4.74 Å². The maximum Gasteiger partial charge on any atom is 0.413 e. The second-order valence-corrected chi connectivity index (χ2v) is 4.28. The lowest BCUT2D eigenvalue weighted by Crippen LogP contribution is -2.27. The van der Waals surface area contributed by atoms with Gasteiger partial charge in [0.15, 0.2) is 0 Å². The lowest BCUT2D eigenvalue weighted by Gasteiger charge is -2.19. The van der Waals surface area contributed by atoms with Crippen molar-refractivity contribution in [2.45, 2.75) is 26.4 Å². The maximum atomic E-state index is 11.4. The van der Waals surface area contributed by atoms with Crippen molar-refractivity contribution in [2.24, 2.45) is 0 Å². The highest BCUT2D eigenvalue weighted by atomic mass is 16.6. The molecule has 1 aromatic rings. The van der Waals surface area contributed by atoms with Crippen LogP contribution in [0.3, 0.4) is 0 Å². The van der Waals surface area contributed by atoms with Crippen molar-refractivity contribution in [3.8, 4) is 0 Å². The monoisotopic (exact) mass is 220 g/mol. The van der Waals surface area contributed by atoms with Gasteiger partial charge in [-0.05, 0) is 39.0 Å². The van der Waals surface area contributed by atoms with E-state index in [2.05, 4.69) is 16.9 Å². The fraction of sp³-hybridized carbons (Fsp3) is 0.333. The number of hydrogen-bond acceptors (Lipinski definition) is 3. The summed E-state index contributed by atoms with van der Waals surface area (Å²) in [6, 6.07) is 5.28. The summed E-state index contributed by atoms with van der Waals surface area (Å²) in [5.41, 5.74) is 0.189. The molecule has 0 aliphatic rings. The van der Waals surface area contributed by atoms with Crippen molar-refractivity contribution in [1.82, 2.24) is 4.98 Å². The molecule has 4 nitrogen and oxygen atoms in total. The highest BCUT2D eigenvalue weighted by Gasteiger charge is 2.16. The Hall–Kier alpha value is -1.84. The number of carbonyl (C=O) groups excluding carboxylic acids is 1. The Bertz CT molecular complexity index is 394. The van der Waals surface area contributed by atoms with Gasteiger partial charge in [0.25, 0.3) is 0 Å². The summed E-state index contributed by atoms with van der Waals surface area (Å²) in [5, 5.41) is 2.55. The van der Waals surface area contributed by atoms with E-state index in [4.69, 9.17) is 4.74 Å². The number of nitrogens with zero attached hydrogens (tertiary/aromatic N) is 1. The number of pyridine rings is 1. The first-order chi connectivity index (χ1) is 7.40. The Morgan fingerprint density at radius 3 is 2.75 bits per heavy atom. The molecule has 0 fully saturated rings. The Morgan fingerprint density at radius 1 is 1.50 bits per heavy atom. The van der Waals surface area contributed by atoms with Crippen molar-refractivity contribution < 1.29 is 9.53 Å². The van der Waals surface area contributed by atoms with Crippen molar-refractivity contribution in [3.05, 3.63) is 30.5 Å². The van der Waals surface area contributed by atoms with Gasteiger partial charge in [-0.1, -0.05) is 12.6 Å². The predicted octanol–water partition coefficient (Wildman–Crippen LogP) is 3.07. The third-order valence-corrected chi connectivity index (χ3v) is 1.61. The molecule has 0 aliphatic carbocycles. The summed E-state index contributed by atoms with van der Waals surface area (Å²) >= 11 is 0. The third kappa shape index (κ3) is 4.13. The molecule has 86 valence electrons. The summed E-state index contributed by atoms with van der Waals surface area (Å²) < 4.78 is 5.10. The second kappa shape index (κ2) is 4.79.